The van der Waals surface area contributed by atoms with Crippen molar-refractivity contribution in [2.75, 3.05) is 13.2 Å². The number of halogens is 1. The van der Waals surface area contributed by atoms with Crippen molar-refractivity contribution >= 4 is 38.8 Å². The highest BCUT2D eigenvalue weighted by Gasteiger charge is 2.10. The molecule has 29 heavy (non-hydrogen) atoms. The minimum Gasteiger partial charge on any atom is -0.493 e. The zero-order chi connectivity index (χ0) is 20.8. The summed E-state index contributed by atoms with van der Waals surface area (Å²) in [4.78, 5) is 12.2. The van der Waals surface area contributed by atoms with Gasteiger partial charge in [-0.15, -0.1) is 0 Å². The maximum Gasteiger partial charge on any atom is 0.277 e. The summed E-state index contributed by atoms with van der Waals surface area (Å²) in [6, 6.07) is 15.8. The molecule has 1 amide bonds. The van der Waals surface area contributed by atoms with Crippen LogP contribution in [0.5, 0.6) is 11.5 Å². The standard InChI is InChI=1S/C23H23BrN2O3/c1-4-28-21-10-9-17-7-5-6-8-18(17)19(21)13-25-26-22(27)14-29-23-16(3)11-15(2)12-20(23)24/h5-13H,4,14H2,1-3H3,(H,26,27). The van der Waals surface area contributed by atoms with Gasteiger partial charge in [-0.2, -0.15) is 5.10 Å². The summed E-state index contributed by atoms with van der Waals surface area (Å²) in [5, 5.41) is 6.19. The molecule has 0 spiro atoms. The van der Waals surface area contributed by atoms with E-state index in [9.17, 15) is 4.79 Å². The first-order valence-corrected chi connectivity index (χ1v) is 10.1. The fraction of sp³-hybridized carbons (Fsp3) is 0.217. The maximum atomic E-state index is 12.2. The molecule has 0 aliphatic carbocycles. The van der Waals surface area contributed by atoms with Gasteiger partial charge in [0.1, 0.15) is 11.5 Å². The second kappa shape index (κ2) is 9.56. The average molecular weight is 455 g/mol. The van der Waals surface area contributed by atoms with E-state index in [0.29, 0.717) is 12.4 Å². The summed E-state index contributed by atoms with van der Waals surface area (Å²) in [5.41, 5.74) is 5.43. The number of hydrogen-bond donors (Lipinski definition) is 1. The van der Waals surface area contributed by atoms with E-state index in [1.54, 1.807) is 6.21 Å². The monoisotopic (exact) mass is 454 g/mol. The number of carbonyl (C=O) groups is 1. The quantitative estimate of drug-likeness (QED) is 0.396. The number of carbonyl (C=O) groups excluding carboxylic acids is 1. The molecule has 6 heteroatoms. The topological polar surface area (TPSA) is 59.9 Å². The van der Waals surface area contributed by atoms with Crippen LogP contribution in [0.4, 0.5) is 0 Å². The van der Waals surface area contributed by atoms with Crippen LogP contribution >= 0.6 is 15.9 Å². The fourth-order valence-electron chi connectivity index (χ4n) is 3.11. The third kappa shape index (κ3) is 5.15. The van der Waals surface area contributed by atoms with Gasteiger partial charge in [0, 0.05) is 5.56 Å². The number of fused-ring (bicyclic) bond motifs is 1. The Bertz CT molecular complexity index is 1040. The van der Waals surface area contributed by atoms with Crippen LogP contribution in [0.15, 0.2) is 58.1 Å². The Hall–Kier alpha value is -2.86. The average Bonchev–Trinajstić information content (AvgIpc) is 2.68. The lowest BCUT2D eigenvalue weighted by atomic mass is 10.0. The molecule has 0 aliphatic heterocycles. The first-order valence-electron chi connectivity index (χ1n) is 9.35. The van der Waals surface area contributed by atoms with E-state index in [0.717, 1.165) is 37.7 Å². The van der Waals surface area contributed by atoms with E-state index < -0.39 is 0 Å². The maximum absolute atomic E-state index is 12.2. The van der Waals surface area contributed by atoms with Crippen LogP contribution in [0, 0.1) is 13.8 Å². The van der Waals surface area contributed by atoms with Crippen molar-refractivity contribution in [2.45, 2.75) is 20.8 Å². The molecular formula is C23H23BrN2O3. The second-order valence-corrected chi connectivity index (χ2v) is 7.46. The summed E-state index contributed by atoms with van der Waals surface area (Å²) in [5.74, 6) is 1.04. The summed E-state index contributed by atoms with van der Waals surface area (Å²) >= 11 is 3.48. The van der Waals surface area contributed by atoms with E-state index in [-0.39, 0.29) is 12.5 Å². The van der Waals surface area contributed by atoms with Gasteiger partial charge in [0.2, 0.25) is 0 Å². The van der Waals surface area contributed by atoms with E-state index in [1.165, 1.54) is 0 Å². The van der Waals surface area contributed by atoms with E-state index >= 15 is 0 Å². The normalized spacial score (nSPS) is 11.0. The Balaban J connectivity index is 1.70. The number of benzene rings is 3. The van der Waals surface area contributed by atoms with Gasteiger partial charge >= 0.3 is 0 Å². The van der Waals surface area contributed by atoms with Gasteiger partial charge in [-0.1, -0.05) is 36.4 Å². The Labute approximate surface area is 178 Å². The molecule has 3 aromatic carbocycles. The molecule has 3 aromatic rings. The molecule has 3 rings (SSSR count). The van der Waals surface area contributed by atoms with Crippen LogP contribution < -0.4 is 14.9 Å². The molecule has 0 saturated heterocycles. The van der Waals surface area contributed by atoms with Crippen molar-refractivity contribution in [3.05, 3.63) is 69.7 Å². The van der Waals surface area contributed by atoms with Crippen molar-refractivity contribution in [2.24, 2.45) is 5.10 Å². The zero-order valence-corrected chi connectivity index (χ0v) is 18.2. The SMILES string of the molecule is CCOc1ccc2ccccc2c1C=NNC(=O)COc1c(C)cc(C)cc1Br. The summed E-state index contributed by atoms with van der Waals surface area (Å²) < 4.78 is 12.2. The lowest BCUT2D eigenvalue weighted by Gasteiger charge is -2.11. The number of amides is 1. The van der Waals surface area contributed by atoms with Gasteiger partial charge in [-0.05, 0) is 70.7 Å². The van der Waals surface area contributed by atoms with Crippen molar-refractivity contribution in [3.8, 4) is 11.5 Å². The molecule has 150 valence electrons. The van der Waals surface area contributed by atoms with E-state index in [4.69, 9.17) is 9.47 Å². The summed E-state index contributed by atoms with van der Waals surface area (Å²) in [6.07, 6.45) is 1.61. The minimum absolute atomic E-state index is 0.131. The van der Waals surface area contributed by atoms with Gasteiger partial charge in [0.25, 0.3) is 5.91 Å². The number of hydrazone groups is 1. The predicted octanol–water partition coefficient (Wildman–Crippen LogP) is 5.15. The van der Waals surface area contributed by atoms with Gasteiger partial charge in [-0.3, -0.25) is 4.79 Å². The first-order chi connectivity index (χ1) is 14.0. The third-order valence-electron chi connectivity index (χ3n) is 4.33. The van der Waals surface area contributed by atoms with Crippen LogP contribution in [-0.2, 0) is 4.79 Å². The highest BCUT2D eigenvalue weighted by Crippen LogP contribution is 2.30. The molecule has 0 fully saturated rings. The van der Waals surface area contributed by atoms with Gasteiger partial charge in [0.05, 0.1) is 17.3 Å². The number of nitrogens with zero attached hydrogens (tertiary/aromatic N) is 1. The molecule has 0 atom stereocenters. The van der Waals surface area contributed by atoms with Gasteiger partial charge in [-0.25, -0.2) is 5.43 Å². The van der Waals surface area contributed by atoms with Crippen molar-refractivity contribution in [1.29, 1.82) is 0 Å². The summed E-state index contributed by atoms with van der Waals surface area (Å²) in [6.45, 7) is 6.30. The van der Waals surface area contributed by atoms with Crippen molar-refractivity contribution in [1.82, 2.24) is 5.43 Å². The Morgan fingerprint density at radius 1 is 1.14 bits per heavy atom. The van der Waals surface area contributed by atoms with Crippen LogP contribution in [-0.4, -0.2) is 25.3 Å². The third-order valence-corrected chi connectivity index (χ3v) is 4.92. The van der Waals surface area contributed by atoms with Crippen LogP contribution in [0.2, 0.25) is 0 Å². The number of aryl methyl sites for hydroxylation is 2. The molecule has 5 nitrogen and oxygen atoms in total. The second-order valence-electron chi connectivity index (χ2n) is 6.61. The van der Waals surface area contributed by atoms with Crippen LogP contribution in [0.25, 0.3) is 10.8 Å². The molecule has 0 saturated carbocycles. The lowest BCUT2D eigenvalue weighted by molar-refractivity contribution is -0.123. The number of rotatable bonds is 7. The molecule has 0 aromatic heterocycles. The number of nitrogens with one attached hydrogen (secondary N) is 1. The van der Waals surface area contributed by atoms with E-state index in [2.05, 4.69) is 26.5 Å². The largest absolute Gasteiger partial charge is 0.493 e. The smallest absolute Gasteiger partial charge is 0.277 e. The summed E-state index contributed by atoms with van der Waals surface area (Å²) in [7, 11) is 0. The minimum atomic E-state index is -0.341. The van der Waals surface area contributed by atoms with Crippen LogP contribution in [0.3, 0.4) is 0 Å². The number of ether oxygens (including phenoxy) is 2. The fourth-order valence-corrected chi connectivity index (χ4v) is 3.90. The van der Waals surface area contributed by atoms with Crippen LogP contribution in [0.1, 0.15) is 23.6 Å². The number of hydrogen-bond acceptors (Lipinski definition) is 4. The molecule has 0 unspecified atom stereocenters. The molecule has 0 radical (unpaired) electrons. The molecule has 0 bridgehead atoms. The van der Waals surface area contributed by atoms with Gasteiger partial charge in [0.15, 0.2) is 6.61 Å². The molecule has 1 N–H and O–H groups in total. The predicted molar refractivity (Wildman–Crippen MR) is 120 cm³/mol. The highest BCUT2D eigenvalue weighted by atomic mass is 79.9. The first kappa shape index (κ1) is 20.9. The Kier molecular flexibility index (Phi) is 6.88. The lowest BCUT2D eigenvalue weighted by Crippen LogP contribution is -2.25. The van der Waals surface area contributed by atoms with E-state index in [1.807, 2.05) is 69.3 Å². The molecule has 0 heterocycles. The molecule has 0 aliphatic rings. The Morgan fingerprint density at radius 2 is 1.93 bits per heavy atom. The van der Waals surface area contributed by atoms with Crippen molar-refractivity contribution in [3.63, 3.8) is 0 Å². The molecular weight excluding hydrogens is 432 g/mol. The Morgan fingerprint density at radius 3 is 2.69 bits per heavy atom. The van der Waals surface area contributed by atoms with Gasteiger partial charge < -0.3 is 9.47 Å². The highest BCUT2D eigenvalue weighted by molar-refractivity contribution is 9.10. The van der Waals surface area contributed by atoms with Crippen molar-refractivity contribution < 1.29 is 14.3 Å². The zero-order valence-electron chi connectivity index (χ0n) is 16.7.